The van der Waals surface area contributed by atoms with E-state index in [1.807, 2.05) is 0 Å². The Kier molecular flexibility index (Phi) is 7.91. The van der Waals surface area contributed by atoms with Crippen LogP contribution in [0.4, 0.5) is 4.79 Å². The summed E-state index contributed by atoms with van der Waals surface area (Å²) in [6, 6.07) is 0. The van der Waals surface area contributed by atoms with Gasteiger partial charge >= 0.3 is 0 Å². The molecule has 0 aromatic rings. The predicted octanol–water partition coefficient (Wildman–Crippen LogP) is -0.390. The zero-order valence-corrected chi connectivity index (χ0v) is 5.13. The van der Waals surface area contributed by atoms with Gasteiger partial charge in [-0.3, -0.25) is 0 Å². The molecule has 0 aromatic carbocycles. The molecule has 0 aliphatic rings. The number of nitrogens with two attached hydrogens (primary N) is 1. The number of carbonyl (C=O) groups excluding carboxylic acids is 1. The first-order valence-corrected chi connectivity index (χ1v) is 1.11. The molecule has 2 nitrogen and oxygen atoms in total. The van der Waals surface area contributed by atoms with Crippen molar-refractivity contribution in [2.45, 2.75) is 0 Å². The number of primary amides is 1. The van der Waals surface area contributed by atoms with E-state index in [-0.39, 0.29) is 21.1 Å². The van der Waals surface area contributed by atoms with Gasteiger partial charge in [-0.1, -0.05) is 0 Å². The van der Waals surface area contributed by atoms with Crippen LogP contribution in [0.1, 0.15) is 0 Å². The molecule has 1 amide bonds. The Hall–Kier alpha value is 0.378. The van der Waals surface area contributed by atoms with Crippen LogP contribution in [0.2, 0.25) is 0 Å². The van der Waals surface area contributed by atoms with Gasteiger partial charge in [0.25, 0.3) is 0 Å². The van der Waals surface area contributed by atoms with Crippen molar-refractivity contribution in [3.63, 3.8) is 0 Å². The van der Waals surface area contributed by atoms with Gasteiger partial charge in [0.1, 0.15) is 0 Å². The molecule has 0 saturated heterocycles. The number of rotatable bonds is 0. The Morgan fingerprint density at radius 3 is 1.80 bits per heavy atom. The summed E-state index contributed by atoms with van der Waals surface area (Å²) in [6.45, 7) is 0. The van der Waals surface area contributed by atoms with E-state index in [2.05, 4.69) is 18.4 Å². The van der Waals surface area contributed by atoms with Gasteiger partial charge in [-0.05, 0) is 0 Å². The van der Waals surface area contributed by atoms with Crippen LogP contribution < -0.4 is 5.73 Å². The maximum absolute atomic E-state index is 9.04. The molecule has 0 unspecified atom stereocenters. The summed E-state index contributed by atoms with van der Waals surface area (Å²) in [6.07, 6.45) is 0. The van der Waals surface area contributed by atoms with Crippen LogP contribution in [-0.2, 0) is 33.7 Å². The van der Waals surface area contributed by atoms with Crippen LogP contribution in [0.25, 0.3) is 0 Å². The summed E-state index contributed by atoms with van der Waals surface area (Å²) in [5, 5.41) is -0.750. The number of hydrogen-bond donors (Lipinski definition) is 1. The van der Waals surface area contributed by atoms with E-state index in [0.717, 1.165) is 0 Å². The standard InChI is InChI=1S/CH3NOS.Mo/c2-1(3)4;/h(H3,2,3,4);/p-1. The van der Waals surface area contributed by atoms with Crippen molar-refractivity contribution in [1.82, 2.24) is 0 Å². The van der Waals surface area contributed by atoms with Crippen LogP contribution in [0.15, 0.2) is 0 Å². The summed E-state index contributed by atoms with van der Waals surface area (Å²) in [7, 11) is 0. The molecule has 5 heavy (non-hydrogen) atoms. The van der Waals surface area contributed by atoms with Crippen molar-refractivity contribution in [3.8, 4) is 0 Å². The Morgan fingerprint density at radius 2 is 1.80 bits per heavy atom. The smallest absolute Gasteiger partial charge is 0.0954 e. The third kappa shape index (κ3) is 173. The quantitative estimate of drug-likeness (QED) is 0.399. The van der Waals surface area contributed by atoms with Crippen molar-refractivity contribution in [3.05, 3.63) is 0 Å². The summed E-state index contributed by atoms with van der Waals surface area (Å²) < 4.78 is 0. The van der Waals surface area contributed by atoms with Crippen LogP contribution >= 0.6 is 0 Å². The molecule has 0 bridgehead atoms. The molecule has 0 spiro atoms. The normalized spacial score (nSPS) is 4.80. The SMILES string of the molecule is NC(=O)[S-].[Mo]. The monoisotopic (exact) mass is 174 g/mol. The summed E-state index contributed by atoms with van der Waals surface area (Å²) >= 11 is 3.76. The van der Waals surface area contributed by atoms with Crippen molar-refractivity contribution >= 4 is 17.9 Å². The zero-order valence-electron chi connectivity index (χ0n) is 2.30. The summed E-state index contributed by atoms with van der Waals surface area (Å²) in [5.74, 6) is 0. The van der Waals surface area contributed by atoms with Gasteiger partial charge in [0.2, 0.25) is 0 Å². The van der Waals surface area contributed by atoms with E-state index in [9.17, 15) is 0 Å². The third-order valence-electron chi connectivity index (χ3n) is 0. The first-order chi connectivity index (χ1) is 1.73. The first kappa shape index (κ1) is 9.03. The van der Waals surface area contributed by atoms with E-state index in [1.165, 1.54) is 0 Å². The molecule has 0 aromatic heterocycles. The second-order valence-electron chi connectivity index (χ2n) is 0.319. The summed E-state index contributed by atoms with van der Waals surface area (Å²) in [5.41, 5.74) is 4.29. The van der Waals surface area contributed by atoms with E-state index in [1.54, 1.807) is 0 Å². The molecule has 0 atom stereocenters. The average Bonchev–Trinajstić information content (AvgIpc) is 0.811. The molecule has 0 saturated carbocycles. The average molecular weight is 172 g/mol. The number of carbonyl (C=O) groups is 1. The summed E-state index contributed by atoms with van der Waals surface area (Å²) in [4.78, 5) is 9.04. The topological polar surface area (TPSA) is 43.1 Å². The fourth-order valence-corrected chi connectivity index (χ4v) is 0. The molecule has 0 aliphatic heterocycles. The molecule has 0 radical (unpaired) electrons. The Balaban J connectivity index is 0. The molecular weight excluding hydrogens is 170 g/mol. The van der Waals surface area contributed by atoms with Gasteiger partial charge in [-0.25, -0.2) is 0 Å². The number of amides is 1. The van der Waals surface area contributed by atoms with E-state index in [0.29, 0.717) is 0 Å². The van der Waals surface area contributed by atoms with Crippen LogP contribution in [-0.4, -0.2) is 5.24 Å². The van der Waals surface area contributed by atoms with Gasteiger partial charge in [-0.2, -0.15) is 0 Å². The maximum atomic E-state index is 9.04. The van der Waals surface area contributed by atoms with Crippen molar-refractivity contribution in [2.75, 3.05) is 0 Å². The molecular formula is CH2MoNOS-. The predicted molar refractivity (Wildman–Crippen MR) is 16.9 cm³/mol. The van der Waals surface area contributed by atoms with Gasteiger partial charge in [0, 0.05) is 21.1 Å². The molecule has 0 rings (SSSR count). The zero-order chi connectivity index (χ0) is 3.58. The Labute approximate surface area is 49.8 Å². The Bertz CT molecular complexity index is 34.6. The minimum Gasteiger partial charge on any atom is -0.719 e. The fourth-order valence-electron chi connectivity index (χ4n) is 0. The molecule has 0 fully saturated rings. The van der Waals surface area contributed by atoms with Crippen LogP contribution in [0, 0.1) is 0 Å². The van der Waals surface area contributed by atoms with Gasteiger partial charge in [0.05, 0.1) is 5.24 Å². The van der Waals surface area contributed by atoms with Gasteiger partial charge < -0.3 is 23.2 Å². The molecule has 4 heteroatoms. The van der Waals surface area contributed by atoms with E-state index >= 15 is 0 Å². The van der Waals surface area contributed by atoms with Crippen molar-refractivity contribution < 1.29 is 25.9 Å². The van der Waals surface area contributed by atoms with E-state index in [4.69, 9.17) is 4.79 Å². The maximum Gasteiger partial charge on any atom is 0.0954 e. The second kappa shape index (κ2) is 4.38. The molecule has 30 valence electrons. The minimum absolute atomic E-state index is 0. The minimum atomic E-state index is -0.750. The van der Waals surface area contributed by atoms with Crippen molar-refractivity contribution in [2.24, 2.45) is 5.73 Å². The third-order valence-corrected chi connectivity index (χ3v) is 0. The first-order valence-electron chi connectivity index (χ1n) is 0.697. The molecule has 2 N–H and O–H groups in total. The Morgan fingerprint density at radius 1 is 1.80 bits per heavy atom. The molecule has 0 heterocycles. The van der Waals surface area contributed by atoms with Crippen LogP contribution in [0.5, 0.6) is 0 Å². The van der Waals surface area contributed by atoms with Crippen molar-refractivity contribution in [1.29, 1.82) is 0 Å². The number of hydrogen-bond acceptors (Lipinski definition) is 2. The molecule has 0 aliphatic carbocycles. The van der Waals surface area contributed by atoms with Crippen LogP contribution in [0.3, 0.4) is 0 Å². The van der Waals surface area contributed by atoms with Gasteiger partial charge in [-0.15, -0.1) is 0 Å². The van der Waals surface area contributed by atoms with Gasteiger partial charge in [0.15, 0.2) is 0 Å². The van der Waals surface area contributed by atoms with E-state index < -0.39 is 5.24 Å². The largest absolute Gasteiger partial charge is 0.719 e. The fraction of sp³-hybridized carbons (Fsp3) is 0. The second-order valence-corrected chi connectivity index (χ2v) is 0.721.